The Balaban J connectivity index is 2.07. The van der Waals surface area contributed by atoms with Crippen LogP contribution < -0.4 is 5.73 Å². The molecule has 1 aromatic carbocycles. The molecule has 0 saturated heterocycles. The minimum atomic E-state index is -0.467. The Hall–Kier alpha value is -0.770. The van der Waals surface area contributed by atoms with Gasteiger partial charge in [-0.05, 0) is 25.0 Å². The van der Waals surface area contributed by atoms with Gasteiger partial charge in [-0.3, -0.25) is 0 Å². The lowest BCUT2D eigenvalue weighted by atomic mass is 9.91. The van der Waals surface area contributed by atoms with Crippen LogP contribution in [0.15, 0.2) is 16.5 Å². The molecule has 3 nitrogen and oxygen atoms in total. The van der Waals surface area contributed by atoms with Gasteiger partial charge in [-0.25, -0.2) is 4.98 Å². The fourth-order valence-corrected chi connectivity index (χ4v) is 3.27. The predicted molar refractivity (Wildman–Crippen MR) is 77.6 cm³/mol. The van der Waals surface area contributed by atoms with Crippen molar-refractivity contribution in [3.05, 3.63) is 28.1 Å². The van der Waals surface area contributed by atoms with Gasteiger partial charge in [-0.15, -0.1) is 0 Å². The molecule has 2 N–H and O–H groups in total. The summed E-state index contributed by atoms with van der Waals surface area (Å²) in [5, 5.41) is 1.04. The second-order valence-corrected chi connectivity index (χ2v) is 6.17. The van der Waals surface area contributed by atoms with Gasteiger partial charge in [0.1, 0.15) is 5.52 Å². The number of rotatable bonds is 1. The van der Waals surface area contributed by atoms with Crippen molar-refractivity contribution in [2.45, 2.75) is 44.1 Å². The Morgan fingerprint density at radius 2 is 1.79 bits per heavy atom. The van der Waals surface area contributed by atoms with Crippen molar-refractivity contribution in [3.63, 3.8) is 0 Å². The van der Waals surface area contributed by atoms with Crippen LogP contribution in [0.1, 0.15) is 44.4 Å². The maximum Gasteiger partial charge on any atom is 0.215 e. The van der Waals surface area contributed by atoms with E-state index in [9.17, 15) is 0 Å². The lowest BCUT2D eigenvalue weighted by Gasteiger charge is -2.23. The molecule has 0 atom stereocenters. The summed E-state index contributed by atoms with van der Waals surface area (Å²) in [6.07, 6.45) is 6.50. The molecule has 3 rings (SSSR count). The van der Waals surface area contributed by atoms with E-state index in [1.165, 1.54) is 12.8 Å². The van der Waals surface area contributed by atoms with Crippen molar-refractivity contribution in [1.82, 2.24) is 4.98 Å². The summed E-state index contributed by atoms with van der Waals surface area (Å²) in [6, 6.07) is 3.42. The van der Waals surface area contributed by atoms with Gasteiger partial charge in [0.2, 0.25) is 5.89 Å². The second kappa shape index (κ2) is 4.97. The van der Waals surface area contributed by atoms with Gasteiger partial charge in [-0.1, -0.05) is 48.9 Å². The third-order valence-corrected chi connectivity index (χ3v) is 4.33. The summed E-state index contributed by atoms with van der Waals surface area (Å²) >= 11 is 12.1. The van der Waals surface area contributed by atoms with Crippen LogP contribution in [0.3, 0.4) is 0 Å². The van der Waals surface area contributed by atoms with Crippen LogP contribution in [0.2, 0.25) is 10.0 Å². The molecule has 1 heterocycles. The Morgan fingerprint density at radius 3 is 2.47 bits per heavy atom. The molecular formula is C14H16Cl2N2O. The van der Waals surface area contributed by atoms with Crippen LogP contribution >= 0.6 is 23.2 Å². The molecular weight excluding hydrogens is 283 g/mol. The van der Waals surface area contributed by atoms with Crippen molar-refractivity contribution in [1.29, 1.82) is 0 Å². The fraction of sp³-hybridized carbons (Fsp3) is 0.500. The summed E-state index contributed by atoms with van der Waals surface area (Å²) in [5.41, 5.74) is 7.29. The Labute approximate surface area is 122 Å². The maximum absolute atomic E-state index is 6.50. The SMILES string of the molecule is NC1(c2nc3cc(Cl)cc(Cl)c3o2)CCCCCC1. The highest BCUT2D eigenvalue weighted by molar-refractivity contribution is 6.37. The summed E-state index contributed by atoms with van der Waals surface area (Å²) in [5.74, 6) is 0.591. The van der Waals surface area contributed by atoms with Crippen LogP contribution in [-0.2, 0) is 5.54 Å². The van der Waals surface area contributed by atoms with Crippen molar-refractivity contribution in [2.75, 3.05) is 0 Å². The molecule has 0 spiro atoms. The van der Waals surface area contributed by atoms with E-state index in [4.69, 9.17) is 33.4 Å². The number of nitrogens with two attached hydrogens (primary N) is 1. The quantitative estimate of drug-likeness (QED) is 0.780. The molecule has 1 aliphatic carbocycles. The van der Waals surface area contributed by atoms with Gasteiger partial charge < -0.3 is 10.2 Å². The molecule has 1 aromatic heterocycles. The van der Waals surface area contributed by atoms with Crippen molar-refractivity contribution < 1.29 is 4.42 Å². The minimum absolute atomic E-state index is 0.467. The van der Waals surface area contributed by atoms with Gasteiger partial charge in [0, 0.05) is 5.02 Å². The van der Waals surface area contributed by atoms with Crippen molar-refractivity contribution >= 4 is 34.3 Å². The summed E-state index contributed by atoms with van der Waals surface area (Å²) < 4.78 is 5.83. The summed E-state index contributed by atoms with van der Waals surface area (Å²) in [4.78, 5) is 4.51. The molecule has 2 aromatic rings. The molecule has 0 radical (unpaired) electrons. The Morgan fingerprint density at radius 1 is 1.11 bits per heavy atom. The number of benzene rings is 1. The number of oxazole rings is 1. The van der Waals surface area contributed by atoms with Gasteiger partial charge >= 0.3 is 0 Å². The van der Waals surface area contributed by atoms with Crippen LogP contribution in [0.25, 0.3) is 11.1 Å². The first-order chi connectivity index (χ1) is 9.08. The molecule has 102 valence electrons. The van der Waals surface area contributed by atoms with E-state index < -0.39 is 5.54 Å². The fourth-order valence-electron chi connectivity index (χ4n) is 2.75. The van der Waals surface area contributed by atoms with Crippen LogP contribution in [0.4, 0.5) is 0 Å². The Bertz CT molecular complexity index is 601. The zero-order valence-corrected chi connectivity index (χ0v) is 12.1. The van der Waals surface area contributed by atoms with E-state index in [1.54, 1.807) is 12.1 Å². The molecule has 0 aliphatic heterocycles. The summed E-state index contributed by atoms with van der Waals surface area (Å²) in [7, 11) is 0. The molecule has 5 heteroatoms. The predicted octanol–water partition coefficient (Wildman–Crippen LogP) is 4.64. The first-order valence-electron chi connectivity index (χ1n) is 6.63. The largest absolute Gasteiger partial charge is 0.437 e. The van der Waals surface area contributed by atoms with Gasteiger partial charge in [0.25, 0.3) is 0 Å². The number of nitrogens with zero attached hydrogens (tertiary/aromatic N) is 1. The van der Waals surface area contributed by atoms with Crippen LogP contribution in [-0.4, -0.2) is 4.98 Å². The van der Waals surface area contributed by atoms with E-state index in [0.717, 1.165) is 25.7 Å². The first-order valence-corrected chi connectivity index (χ1v) is 7.39. The van der Waals surface area contributed by atoms with Gasteiger partial charge in [-0.2, -0.15) is 0 Å². The van der Waals surface area contributed by atoms with E-state index in [0.29, 0.717) is 27.0 Å². The number of fused-ring (bicyclic) bond motifs is 1. The molecule has 0 amide bonds. The highest BCUT2D eigenvalue weighted by Gasteiger charge is 2.33. The summed E-state index contributed by atoms with van der Waals surface area (Å²) in [6.45, 7) is 0. The highest BCUT2D eigenvalue weighted by atomic mass is 35.5. The average molecular weight is 299 g/mol. The molecule has 1 aliphatic rings. The van der Waals surface area contributed by atoms with Crippen molar-refractivity contribution in [3.8, 4) is 0 Å². The normalized spacial score (nSPS) is 19.5. The third kappa shape index (κ3) is 2.47. The van der Waals surface area contributed by atoms with Gasteiger partial charge in [0.05, 0.1) is 10.6 Å². The highest BCUT2D eigenvalue weighted by Crippen LogP contribution is 2.37. The van der Waals surface area contributed by atoms with Crippen molar-refractivity contribution in [2.24, 2.45) is 5.73 Å². The van der Waals surface area contributed by atoms with E-state index in [-0.39, 0.29) is 0 Å². The lowest BCUT2D eigenvalue weighted by molar-refractivity contribution is 0.301. The minimum Gasteiger partial charge on any atom is -0.437 e. The molecule has 0 bridgehead atoms. The van der Waals surface area contributed by atoms with Crippen LogP contribution in [0, 0.1) is 0 Å². The van der Waals surface area contributed by atoms with Gasteiger partial charge in [0.15, 0.2) is 5.58 Å². The first kappa shape index (κ1) is 13.2. The van der Waals surface area contributed by atoms with E-state index in [2.05, 4.69) is 4.98 Å². The smallest absolute Gasteiger partial charge is 0.215 e. The van der Waals surface area contributed by atoms with Crippen LogP contribution in [0.5, 0.6) is 0 Å². The number of hydrogen-bond donors (Lipinski definition) is 1. The molecule has 0 unspecified atom stereocenters. The number of halogens is 2. The monoisotopic (exact) mass is 298 g/mol. The number of hydrogen-bond acceptors (Lipinski definition) is 3. The molecule has 19 heavy (non-hydrogen) atoms. The lowest BCUT2D eigenvalue weighted by Crippen LogP contribution is -2.36. The number of aromatic nitrogens is 1. The maximum atomic E-state index is 6.50. The van der Waals surface area contributed by atoms with E-state index >= 15 is 0 Å². The zero-order valence-electron chi connectivity index (χ0n) is 10.6. The topological polar surface area (TPSA) is 52.0 Å². The average Bonchev–Trinajstić information content (AvgIpc) is 2.66. The van der Waals surface area contributed by atoms with E-state index in [1.807, 2.05) is 0 Å². The standard InChI is InChI=1S/C14H16Cl2N2O/c15-9-7-10(16)12-11(8-9)18-13(19-12)14(17)5-3-1-2-4-6-14/h7-8H,1-6,17H2. The molecule has 1 fully saturated rings. The third-order valence-electron chi connectivity index (χ3n) is 3.83. The Kier molecular flexibility index (Phi) is 3.46. The second-order valence-electron chi connectivity index (χ2n) is 5.33. The molecule has 1 saturated carbocycles. The zero-order chi connectivity index (χ0) is 13.5.